The second kappa shape index (κ2) is 5.92. The molecule has 0 saturated heterocycles. The molecular weight excluding hydrogens is 286 g/mol. The molecule has 0 aliphatic heterocycles. The topological polar surface area (TPSA) is 94.3 Å². The van der Waals surface area contributed by atoms with Gasteiger partial charge in [0.2, 0.25) is 0 Å². The molecule has 1 aromatic carbocycles. The monoisotopic (exact) mass is 305 g/mol. The molecule has 0 bridgehead atoms. The molecule has 2 N–H and O–H groups in total. The van der Waals surface area contributed by atoms with E-state index in [1.54, 1.807) is 26.0 Å². The minimum absolute atomic E-state index is 0.0321. The predicted molar refractivity (Wildman–Crippen MR) is 76.6 cm³/mol. The van der Waals surface area contributed by atoms with Gasteiger partial charge in [-0.15, -0.1) is 0 Å². The van der Waals surface area contributed by atoms with Crippen molar-refractivity contribution in [2.45, 2.75) is 25.2 Å². The van der Waals surface area contributed by atoms with Crippen LogP contribution in [-0.2, 0) is 19.7 Å². The summed E-state index contributed by atoms with van der Waals surface area (Å²) in [4.78, 5) is 0.182. The summed E-state index contributed by atoms with van der Waals surface area (Å²) in [6.45, 7) is 3.19. The average molecular weight is 305 g/mol. The van der Waals surface area contributed by atoms with Crippen LogP contribution >= 0.6 is 0 Å². The van der Waals surface area contributed by atoms with Gasteiger partial charge in [0.15, 0.2) is 9.84 Å². The van der Waals surface area contributed by atoms with Gasteiger partial charge in [0.1, 0.15) is 9.84 Å². The Morgan fingerprint density at radius 1 is 1.11 bits per heavy atom. The van der Waals surface area contributed by atoms with Gasteiger partial charge in [0.25, 0.3) is 0 Å². The fourth-order valence-electron chi connectivity index (χ4n) is 1.69. The lowest BCUT2D eigenvalue weighted by atomic mass is 10.2. The van der Waals surface area contributed by atoms with E-state index in [4.69, 9.17) is 5.73 Å². The summed E-state index contributed by atoms with van der Waals surface area (Å²) in [6, 6.07) is 4.71. The molecule has 1 aromatic rings. The van der Waals surface area contributed by atoms with Crippen LogP contribution in [0.5, 0.6) is 0 Å². The van der Waals surface area contributed by atoms with Crippen molar-refractivity contribution in [2.24, 2.45) is 0 Å². The fraction of sp³-hybridized carbons (Fsp3) is 0.500. The molecule has 0 heterocycles. The first-order valence-corrected chi connectivity index (χ1v) is 9.45. The van der Waals surface area contributed by atoms with Crippen LogP contribution in [-0.4, -0.2) is 34.1 Å². The Morgan fingerprint density at radius 3 is 2.32 bits per heavy atom. The van der Waals surface area contributed by atoms with Crippen LogP contribution in [0.3, 0.4) is 0 Å². The third-order valence-corrected chi connectivity index (χ3v) is 6.70. The molecule has 0 radical (unpaired) electrons. The number of hydrogen-bond acceptors (Lipinski definition) is 5. The zero-order valence-corrected chi connectivity index (χ0v) is 12.7. The van der Waals surface area contributed by atoms with Crippen LogP contribution in [0.4, 0.5) is 5.69 Å². The number of hydrogen-bond donors (Lipinski definition) is 1. The Hall–Kier alpha value is -1.08. The van der Waals surface area contributed by atoms with E-state index in [0.717, 1.165) is 0 Å². The van der Waals surface area contributed by atoms with Crippen LogP contribution in [0.1, 0.15) is 18.9 Å². The molecule has 0 atom stereocenters. The third-order valence-electron chi connectivity index (χ3n) is 2.97. The molecule has 5 nitrogen and oxygen atoms in total. The van der Waals surface area contributed by atoms with E-state index in [0.29, 0.717) is 11.3 Å². The minimum atomic E-state index is -3.49. The van der Waals surface area contributed by atoms with Crippen molar-refractivity contribution in [3.63, 3.8) is 0 Å². The van der Waals surface area contributed by atoms with E-state index in [1.165, 1.54) is 6.07 Å². The van der Waals surface area contributed by atoms with Gasteiger partial charge in [0, 0.05) is 11.4 Å². The molecule has 0 saturated carbocycles. The Bertz CT molecular complexity index is 648. The van der Waals surface area contributed by atoms with Crippen LogP contribution < -0.4 is 5.73 Å². The molecule has 0 aliphatic carbocycles. The largest absolute Gasteiger partial charge is 0.398 e. The Morgan fingerprint density at radius 2 is 1.74 bits per heavy atom. The van der Waals surface area contributed by atoms with Gasteiger partial charge >= 0.3 is 0 Å². The van der Waals surface area contributed by atoms with Gasteiger partial charge in [0.05, 0.1) is 16.4 Å². The average Bonchev–Trinajstić information content (AvgIpc) is 2.32. The van der Waals surface area contributed by atoms with Crippen LogP contribution in [0.15, 0.2) is 23.1 Å². The minimum Gasteiger partial charge on any atom is -0.398 e. The number of benzene rings is 1. The van der Waals surface area contributed by atoms with Gasteiger partial charge in [-0.2, -0.15) is 0 Å². The molecule has 19 heavy (non-hydrogen) atoms. The smallest absolute Gasteiger partial charge is 0.178 e. The molecule has 0 unspecified atom stereocenters. The van der Waals surface area contributed by atoms with Crippen LogP contribution in [0, 0.1) is 6.92 Å². The van der Waals surface area contributed by atoms with Crippen LogP contribution in [0.2, 0.25) is 0 Å². The van der Waals surface area contributed by atoms with E-state index >= 15 is 0 Å². The predicted octanol–water partition coefficient (Wildman–Crippen LogP) is 1.18. The van der Waals surface area contributed by atoms with Crippen molar-refractivity contribution in [1.29, 1.82) is 0 Å². The molecule has 0 amide bonds. The maximum Gasteiger partial charge on any atom is 0.178 e. The maximum absolute atomic E-state index is 12.1. The molecule has 0 spiro atoms. The summed E-state index contributed by atoms with van der Waals surface area (Å²) in [5.74, 6) is -0.259. The standard InChI is InChI=1S/C12H19NO4S2/c1-3-18(14,15)8-5-9-19(16,17)12-7-4-6-11(13)10(12)2/h4,6-7H,3,5,8-9,13H2,1-2H3. The number of sulfone groups is 2. The van der Waals surface area contributed by atoms with Gasteiger partial charge in [-0.25, -0.2) is 16.8 Å². The van der Waals surface area contributed by atoms with E-state index < -0.39 is 19.7 Å². The summed E-state index contributed by atoms with van der Waals surface area (Å²) < 4.78 is 46.9. The Labute approximate surface area is 114 Å². The zero-order chi connectivity index (χ0) is 14.7. The van der Waals surface area contributed by atoms with Crippen LogP contribution in [0.25, 0.3) is 0 Å². The summed E-state index contributed by atoms with van der Waals surface area (Å²) in [5, 5.41) is 0. The van der Waals surface area contributed by atoms with Crippen molar-refractivity contribution in [2.75, 3.05) is 23.0 Å². The first kappa shape index (κ1) is 16.0. The van der Waals surface area contributed by atoms with Gasteiger partial charge < -0.3 is 5.73 Å². The number of anilines is 1. The van der Waals surface area contributed by atoms with Gasteiger partial charge in [-0.3, -0.25) is 0 Å². The summed E-state index contributed by atoms with van der Waals surface area (Å²) in [7, 11) is -6.62. The lowest BCUT2D eigenvalue weighted by Crippen LogP contribution is -2.15. The number of nitrogens with two attached hydrogens (primary N) is 1. The van der Waals surface area contributed by atoms with E-state index in [2.05, 4.69) is 0 Å². The highest BCUT2D eigenvalue weighted by molar-refractivity contribution is 7.92. The SMILES string of the molecule is CCS(=O)(=O)CCCS(=O)(=O)c1cccc(N)c1C. The maximum atomic E-state index is 12.1. The zero-order valence-electron chi connectivity index (χ0n) is 11.1. The van der Waals surface area contributed by atoms with Crippen molar-refractivity contribution in [3.05, 3.63) is 23.8 Å². The highest BCUT2D eigenvalue weighted by atomic mass is 32.2. The van der Waals surface area contributed by atoms with Crippen molar-refractivity contribution < 1.29 is 16.8 Å². The fourth-order valence-corrected chi connectivity index (χ4v) is 4.36. The molecular formula is C12H19NO4S2. The molecule has 108 valence electrons. The van der Waals surface area contributed by atoms with E-state index in [-0.39, 0.29) is 28.6 Å². The molecule has 1 rings (SSSR count). The summed E-state index contributed by atoms with van der Waals surface area (Å²) in [5.41, 5.74) is 6.61. The van der Waals surface area contributed by atoms with Gasteiger partial charge in [-0.05, 0) is 31.0 Å². The number of rotatable bonds is 6. The second-order valence-electron chi connectivity index (χ2n) is 4.38. The normalized spacial score (nSPS) is 12.5. The number of nitrogen functional groups attached to an aromatic ring is 1. The lowest BCUT2D eigenvalue weighted by Gasteiger charge is -2.09. The Balaban J connectivity index is 2.86. The second-order valence-corrected chi connectivity index (χ2v) is 8.93. The summed E-state index contributed by atoms with van der Waals surface area (Å²) >= 11 is 0. The highest BCUT2D eigenvalue weighted by Gasteiger charge is 2.19. The third kappa shape index (κ3) is 4.21. The van der Waals surface area contributed by atoms with E-state index in [9.17, 15) is 16.8 Å². The molecule has 0 aromatic heterocycles. The van der Waals surface area contributed by atoms with Gasteiger partial charge in [-0.1, -0.05) is 13.0 Å². The van der Waals surface area contributed by atoms with Crippen molar-refractivity contribution in [1.82, 2.24) is 0 Å². The summed E-state index contributed by atoms with van der Waals surface area (Å²) in [6.07, 6.45) is 0.104. The molecule has 0 fully saturated rings. The quantitative estimate of drug-likeness (QED) is 0.796. The first-order chi connectivity index (χ1) is 8.69. The lowest BCUT2D eigenvalue weighted by molar-refractivity contribution is 0.590. The van der Waals surface area contributed by atoms with Crippen molar-refractivity contribution >= 4 is 25.4 Å². The van der Waals surface area contributed by atoms with Crippen molar-refractivity contribution in [3.8, 4) is 0 Å². The first-order valence-electron chi connectivity index (χ1n) is 5.98. The molecule has 0 aliphatic rings. The molecule has 7 heteroatoms. The van der Waals surface area contributed by atoms with E-state index in [1.807, 2.05) is 0 Å². The highest BCUT2D eigenvalue weighted by Crippen LogP contribution is 2.22. The Kier molecular flexibility index (Phi) is 4.98.